The quantitative estimate of drug-likeness (QED) is 0.309. The van der Waals surface area contributed by atoms with Crippen molar-refractivity contribution >= 4 is 34.0 Å². The van der Waals surface area contributed by atoms with Crippen molar-refractivity contribution in [2.45, 2.75) is 0 Å². The number of nitriles is 1. The Balaban J connectivity index is 1.54. The van der Waals surface area contributed by atoms with Crippen LogP contribution >= 0.6 is 0 Å². The van der Waals surface area contributed by atoms with Crippen LogP contribution in [0.2, 0.25) is 0 Å². The Kier molecular flexibility index (Phi) is 7.93. The lowest BCUT2D eigenvalue weighted by Gasteiger charge is -2.13. The molecule has 0 saturated heterocycles. The Hall–Kier alpha value is -4.94. The second-order valence-corrected chi connectivity index (χ2v) is 8.34. The number of carbonyl (C=O) groups excluding carboxylic acids is 1. The Labute approximate surface area is 215 Å². The third-order valence-corrected chi connectivity index (χ3v) is 5.27. The number of aromatic nitrogens is 2. The van der Waals surface area contributed by atoms with Gasteiger partial charge >= 0.3 is 0 Å². The summed E-state index contributed by atoms with van der Waals surface area (Å²) in [5.41, 5.74) is 2.48. The van der Waals surface area contributed by atoms with E-state index in [0.717, 1.165) is 5.69 Å². The van der Waals surface area contributed by atoms with Crippen LogP contribution in [0.5, 0.6) is 17.2 Å². The first-order chi connectivity index (χ1) is 17.9. The highest BCUT2D eigenvalue weighted by Crippen LogP contribution is 2.33. The molecular weight excluding hydrogens is 468 g/mol. The molecule has 1 aromatic heterocycles. The fourth-order valence-electron chi connectivity index (χ4n) is 3.50. The summed E-state index contributed by atoms with van der Waals surface area (Å²) >= 11 is 0. The van der Waals surface area contributed by atoms with Crippen molar-refractivity contribution in [3.8, 4) is 23.3 Å². The molecule has 37 heavy (non-hydrogen) atoms. The van der Waals surface area contributed by atoms with E-state index in [9.17, 15) is 4.79 Å². The molecule has 1 amide bonds. The molecule has 0 aliphatic rings. The molecular formula is C28H26N6O3. The van der Waals surface area contributed by atoms with E-state index in [1.165, 1.54) is 12.4 Å². The standard InChI is InChI=1S/C28H26N6O3/c1-34(2)13-5-8-27(35)33-25-15-23-24(16-26(25)36-3)30-18-31-28(23)32-20-9-11-21(12-10-20)37-22-7-4-6-19(14-22)17-29/h4-12,14-16,18H,13H2,1-3H3,(H,33,35)(H,30,31,32). The van der Waals surface area contributed by atoms with Gasteiger partial charge in [-0.2, -0.15) is 5.26 Å². The zero-order chi connectivity index (χ0) is 26.2. The fraction of sp³-hybridized carbons (Fsp3) is 0.143. The van der Waals surface area contributed by atoms with Gasteiger partial charge in [0, 0.05) is 29.8 Å². The molecule has 0 bridgehead atoms. The van der Waals surface area contributed by atoms with E-state index in [1.54, 1.807) is 49.6 Å². The number of fused-ring (bicyclic) bond motifs is 1. The largest absolute Gasteiger partial charge is 0.494 e. The van der Waals surface area contributed by atoms with E-state index < -0.39 is 0 Å². The second-order valence-electron chi connectivity index (χ2n) is 8.34. The highest BCUT2D eigenvalue weighted by molar-refractivity contribution is 6.03. The predicted molar refractivity (Wildman–Crippen MR) is 143 cm³/mol. The number of nitrogens with one attached hydrogen (secondary N) is 2. The van der Waals surface area contributed by atoms with E-state index >= 15 is 0 Å². The Morgan fingerprint density at radius 2 is 1.89 bits per heavy atom. The number of nitrogens with zero attached hydrogens (tertiary/aromatic N) is 4. The maximum atomic E-state index is 12.4. The Bertz CT molecular complexity index is 1480. The molecule has 4 rings (SSSR count). The van der Waals surface area contributed by atoms with Crippen molar-refractivity contribution in [1.29, 1.82) is 5.26 Å². The molecule has 0 aliphatic heterocycles. The Morgan fingerprint density at radius 3 is 2.62 bits per heavy atom. The lowest BCUT2D eigenvalue weighted by atomic mass is 10.1. The summed E-state index contributed by atoms with van der Waals surface area (Å²) in [6.45, 7) is 0.653. The topological polar surface area (TPSA) is 112 Å². The minimum absolute atomic E-state index is 0.262. The van der Waals surface area contributed by atoms with Crippen LogP contribution in [0, 0.1) is 11.3 Å². The van der Waals surface area contributed by atoms with Gasteiger partial charge in [-0.3, -0.25) is 4.79 Å². The maximum Gasteiger partial charge on any atom is 0.248 e. The van der Waals surface area contributed by atoms with Gasteiger partial charge in [0.1, 0.15) is 29.4 Å². The van der Waals surface area contributed by atoms with Crippen molar-refractivity contribution in [3.63, 3.8) is 0 Å². The van der Waals surface area contributed by atoms with Gasteiger partial charge in [-0.15, -0.1) is 0 Å². The molecule has 0 spiro atoms. The summed E-state index contributed by atoms with van der Waals surface area (Å²) in [6.07, 6.45) is 4.74. The van der Waals surface area contributed by atoms with Crippen LogP contribution < -0.4 is 20.1 Å². The zero-order valence-electron chi connectivity index (χ0n) is 20.7. The van der Waals surface area contributed by atoms with Crippen LogP contribution in [-0.4, -0.2) is 48.5 Å². The molecule has 9 heteroatoms. The van der Waals surface area contributed by atoms with Crippen LogP contribution in [0.1, 0.15) is 5.56 Å². The van der Waals surface area contributed by atoms with Gasteiger partial charge < -0.3 is 25.0 Å². The molecule has 0 fully saturated rings. The molecule has 0 radical (unpaired) electrons. The van der Waals surface area contributed by atoms with Crippen molar-refractivity contribution < 1.29 is 14.3 Å². The number of benzene rings is 3. The fourth-order valence-corrected chi connectivity index (χ4v) is 3.50. The molecule has 4 aromatic rings. The molecule has 0 aliphatic carbocycles. The number of carbonyl (C=O) groups is 1. The number of likely N-dealkylation sites (N-methyl/N-ethyl adjacent to an activating group) is 1. The lowest BCUT2D eigenvalue weighted by molar-refractivity contribution is -0.111. The number of hydrogen-bond donors (Lipinski definition) is 2. The minimum atomic E-state index is -0.262. The normalized spacial score (nSPS) is 10.9. The molecule has 1 heterocycles. The molecule has 186 valence electrons. The third-order valence-electron chi connectivity index (χ3n) is 5.27. The molecule has 9 nitrogen and oxygen atoms in total. The van der Waals surface area contributed by atoms with Crippen LogP contribution in [0.25, 0.3) is 10.9 Å². The van der Waals surface area contributed by atoms with Crippen molar-refractivity contribution in [3.05, 3.63) is 84.7 Å². The number of ether oxygens (including phenoxy) is 2. The summed E-state index contributed by atoms with van der Waals surface area (Å²) < 4.78 is 11.3. The predicted octanol–water partition coefficient (Wildman–Crippen LogP) is 5.10. The molecule has 0 unspecified atom stereocenters. The Morgan fingerprint density at radius 1 is 1.08 bits per heavy atom. The molecule has 3 aromatic carbocycles. The summed E-state index contributed by atoms with van der Waals surface area (Å²) in [7, 11) is 5.40. The van der Waals surface area contributed by atoms with Crippen molar-refractivity contribution in [1.82, 2.24) is 14.9 Å². The number of amides is 1. The van der Waals surface area contributed by atoms with E-state index in [-0.39, 0.29) is 5.91 Å². The van der Waals surface area contributed by atoms with Crippen LogP contribution in [0.15, 0.2) is 79.1 Å². The van der Waals surface area contributed by atoms with Gasteiger partial charge in [0.2, 0.25) is 5.91 Å². The van der Waals surface area contributed by atoms with E-state index in [4.69, 9.17) is 14.7 Å². The van der Waals surface area contributed by atoms with Crippen LogP contribution in [0.4, 0.5) is 17.2 Å². The van der Waals surface area contributed by atoms with Crippen molar-refractivity contribution in [2.24, 2.45) is 0 Å². The first-order valence-electron chi connectivity index (χ1n) is 11.5. The van der Waals surface area contributed by atoms with E-state index in [2.05, 4.69) is 26.7 Å². The average molecular weight is 495 g/mol. The van der Waals surface area contributed by atoms with Gasteiger partial charge in [-0.1, -0.05) is 12.1 Å². The van der Waals surface area contributed by atoms with Gasteiger partial charge in [-0.05, 0) is 62.6 Å². The second kappa shape index (κ2) is 11.7. The molecule has 0 saturated carbocycles. The van der Waals surface area contributed by atoms with E-state index in [0.29, 0.717) is 51.8 Å². The monoisotopic (exact) mass is 494 g/mol. The third kappa shape index (κ3) is 6.60. The molecule has 0 atom stereocenters. The molecule has 2 N–H and O–H groups in total. The highest BCUT2D eigenvalue weighted by Gasteiger charge is 2.12. The highest BCUT2D eigenvalue weighted by atomic mass is 16.5. The number of hydrogen-bond acceptors (Lipinski definition) is 8. The number of methoxy groups -OCH3 is 1. The number of rotatable bonds is 9. The summed E-state index contributed by atoms with van der Waals surface area (Å²) in [5, 5.41) is 15.9. The minimum Gasteiger partial charge on any atom is -0.494 e. The summed E-state index contributed by atoms with van der Waals surface area (Å²) in [6, 6.07) is 20.0. The van der Waals surface area contributed by atoms with Gasteiger partial charge in [0.15, 0.2) is 0 Å². The van der Waals surface area contributed by atoms with Gasteiger partial charge in [-0.25, -0.2) is 9.97 Å². The first kappa shape index (κ1) is 25.2. The number of anilines is 3. The zero-order valence-corrected chi connectivity index (χ0v) is 20.7. The van der Waals surface area contributed by atoms with Crippen LogP contribution in [0.3, 0.4) is 0 Å². The maximum absolute atomic E-state index is 12.4. The van der Waals surface area contributed by atoms with Gasteiger partial charge in [0.25, 0.3) is 0 Å². The van der Waals surface area contributed by atoms with Gasteiger partial charge in [0.05, 0.1) is 29.9 Å². The van der Waals surface area contributed by atoms with E-state index in [1.807, 2.05) is 43.3 Å². The average Bonchev–Trinajstić information content (AvgIpc) is 2.89. The summed E-state index contributed by atoms with van der Waals surface area (Å²) in [4.78, 5) is 23.1. The smallest absolute Gasteiger partial charge is 0.248 e. The van der Waals surface area contributed by atoms with Crippen LogP contribution in [-0.2, 0) is 4.79 Å². The summed E-state index contributed by atoms with van der Waals surface area (Å²) in [5.74, 6) is 2.02. The van der Waals surface area contributed by atoms with Crippen molar-refractivity contribution in [2.75, 3.05) is 38.4 Å². The lowest BCUT2D eigenvalue weighted by Crippen LogP contribution is -2.13. The SMILES string of the molecule is COc1cc2ncnc(Nc3ccc(Oc4cccc(C#N)c4)cc3)c2cc1NC(=O)C=CCN(C)C. The first-order valence-corrected chi connectivity index (χ1v) is 11.5.